The molecule has 0 atom stereocenters. The van der Waals surface area contributed by atoms with Crippen molar-refractivity contribution in [2.75, 3.05) is 12.4 Å². The Morgan fingerprint density at radius 3 is 2.27 bits per heavy atom. The Morgan fingerprint density at radius 1 is 0.879 bits per heavy atom. The van der Waals surface area contributed by atoms with Gasteiger partial charge in [0.15, 0.2) is 5.82 Å². The first-order valence-corrected chi connectivity index (χ1v) is 10.0. The van der Waals surface area contributed by atoms with Crippen molar-refractivity contribution in [1.29, 1.82) is 0 Å². The van der Waals surface area contributed by atoms with Crippen molar-refractivity contribution in [3.05, 3.63) is 100 Å². The number of fused-ring (bicyclic) bond motifs is 3. The van der Waals surface area contributed by atoms with E-state index >= 15 is 0 Å². The predicted octanol–water partition coefficient (Wildman–Crippen LogP) is 3.07. The monoisotopic (exact) mass is 439 g/mol. The number of nitrogens with one attached hydrogen (secondary N) is 1. The van der Waals surface area contributed by atoms with Crippen LogP contribution < -0.4 is 11.0 Å². The summed E-state index contributed by atoms with van der Waals surface area (Å²) in [5, 5.41) is 7.20. The van der Waals surface area contributed by atoms with Gasteiger partial charge in [-0.1, -0.05) is 30.3 Å². The van der Waals surface area contributed by atoms with Crippen LogP contribution in [-0.2, 0) is 4.74 Å². The van der Waals surface area contributed by atoms with Gasteiger partial charge in [0.2, 0.25) is 5.65 Å². The van der Waals surface area contributed by atoms with Gasteiger partial charge in [-0.05, 0) is 48.5 Å². The molecule has 2 heterocycles. The van der Waals surface area contributed by atoms with Crippen LogP contribution in [0.15, 0.2) is 83.7 Å². The maximum absolute atomic E-state index is 13.3. The summed E-state index contributed by atoms with van der Waals surface area (Å²) in [6, 6.07) is 22.1. The summed E-state index contributed by atoms with van der Waals surface area (Å²) in [5.41, 5.74) is 2.14. The zero-order valence-corrected chi connectivity index (χ0v) is 17.4. The van der Waals surface area contributed by atoms with Crippen molar-refractivity contribution < 1.29 is 14.3 Å². The second kappa shape index (κ2) is 8.04. The zero-order valence-electron chi connectivity index (χ0n) is 17.4. The Bertz CT molecular complexity index is 1570. The van der Waals surface area contributed by atoms with Gasteiger partial charge in [0.05, 0.1) is 29.4 Å². The summed E-state index contributed by atoms with van der Waals surface area (Å²) in [5.74, 6) is -0.814. The maximum atomic E-state index is 13.3. The Balaban J connectivity index is 1.62. The van der Waals surface area contributed by atoms with Crippen LogP contribution >= 0.6 is 0 Å². The molecule has 0 saturated heterocycles. The number of esters is 1. The third-order valence-electron chi connectivity index (χ3n) is 5.15. The standard InChI is InChI=1S/C24H17N5O4/c1-33-23(31)16-13-11-15(12-14-16)22(30)26-20-21-27-29(17-7-3-2-4-8-17)24(32)28(21)19-10-6-5-9-18(19)25-20/h2-14H,1H3,(H,25,26,30). The molecule has 0 unspecified atom stereocenters. The molecule has 1 amide bonds. The Labute approximate surface area is 186 Å². The molecule has 0 aliphatic carbocycles. The SMILES string of the molecule is COC(=O)c1ccc(C(=O)Nc2nc3ccccc3n3c(=O)n(-c4ccccc4)nc23)cc1. The highest BCUT2D eigenvalue weighted by Gasteiger charge is 2.19. The van der Waals surface area contributed by atoms with E-state index in [-0.39, 0.29) is 17.2 Å². The topological polar surface area (TPSA) is 108 Å². The number of methoxy groups -OCH3 is 1. The minimum Gasteiger partial charge on any atom is -0.465 e. The molecule has 0 aliphatic rings. The highest BCUT2D eigenvalue weighted by Crippen LogP contribution is 2.20. The molecule has 0 fully saturated rings. The number of carbonyl (C=O) groups excluding carboxylic acids is 2. The Morgan fingerprint density at radius 2 is 1.55 bits per heavy atom. The van der Waals surface area contributed by atoms with Crippen molar-refractivity contribution in [3.63, 3.8) is 0 Å². The van der Waals surface area contributed by atoms with E-state index in [1.54, 1.807) is 36.4 Å². The summed E-state index contributed by atoms with van der Waals surface area (Å²) in [6.45, 7) is 0. The zero-order chi connectivity index (χ0) is 22.9. The molecule has 9 heteroatoms. The molecule has 33 heavy (non-hydrogen) atoms. The van der Waals surface area contributed by atoms with Crippen molar-refractivity contribution in [2.45, 2.75) is 0 Å². The Hall–Kier alpha value is -4.79. The second-order valence-electron chi connectivity index (χ2n) is 7.16. The van der Waals surface area contributed by atoms with Crippen LogP contribution in [0.2, 0.25) is 0 Å². The lowest BCUT2D eigenvalue weighted by atomic mass is 10.1. The number of amides is 1. The third kappa shape index (κ3) is 3.51. The van der Waals surface area contributed by atoms with Gasteiger partial charge in [-0.15, -0.1) is 5.10 Å². The quantitative estimate of drug-likeness (QED) is 0.431. The number of nitrogens with zero attached hydrogens (tertiary/aromatic N) is 4. The van der Waals surface area contributed by atoms with Gasteiger partial charge in [0, 0.05) is 5.56 Å². The second-order valence-corrected chi connectivity index (χ2v) is 7.16. The van der Waals surface area contributed by atoms with Crippen LogP contribution in [-0.4, -0.2) is 38.2 Å². The molecule has 2 aromatic heterocycles. The molecule has 0 radical (unpaired) electrons. The summed E-state index contributed by atoms with van der Waals surface area (Å²) >= 11 is 0. The minimum atomic E-state index is -0.495. The number of anilines is 1. The average Bonchev–Trinajstić information content (AvgIpc) is 3.22. The average molecular weight is 439 g/mol. The highest BCUT2D eigenvalue weighted by atomic mass is 16.5. The van der Waals surface area contributed by atoms with Gasteiger partial charge in [-0.3, -0.25) is 4.79 Å². The van der Waals surface area contributed by atoms with Gasteiger partial charge < -0.3 is 10.1 Å². The van der Waals surface area contributed by atoms with Gasteiger partial charge in [-0.25, -0.2) is 19.0 Å². The van der Waals surface area contributed by atoms with Gasteiger partial charge in [0.25, 0.3) is 5.91 Å². The molecular weight excluding hydrogens is 422 g/mol. The van der Waals surface area contributed by atoms with Crippen LogP contribution in [0.4, 0.5) is 5.82 Å². The van der Waals surface area contributed by atoms with Crippen LogP contribution in [0.5, 0.6) is 0 Å². The summed E-state index contributed by atoms with van der Waals surface area (Å²) in [4.78, 5) is 42.3. The normalized spacial score (nSPS) is 10.9. The van der Waals surface area contributed by atoms with Gasteiger partial charge >= 0.3 is 11.7 Å². The predicted molar refractivity (Wildman–Crippen MR) is 122 cm³/mol. The van der Waals surface area contributed by atoms with E-state index in [4.69, 9.17) is 0 Å². The third-order valence-corrected chi connectivity index (χ3v) is 5.15. The number of hydrogen-bond acceptors (Lipinski definition) is 6. The van der Waals surface area contributed by atoms with E-state index in [2.05, 4.69) is 20.1 Å². The molecular formula is C24H17N5O4. The fourth-order valence-corrected chi connectivity index (χ4v) is 3.53. The van der Waals surface area contributed by atoms with Crippen molar-refractivity contribution in [2.24, 2.45) is 0 Å². The number of para-hydroxylation sites is 3. The largest absolute Gasteiger partial charge is 0.465 e. The number of ether oxygens (including phenoxy) is 1. The van der Waals surface area contributed by atoms with Crippen LogP contribution in [0, 0.1) is 0 Å². The van der Waals surface area contributed by atoms with Gasteiger partial charge in [0.1, 0.15) is 0 Å². The summed E-state index contributed by atoms with van der Waals surface area (Å²) in [6.07, 6.45) is 0. The molecule has 162 valence electrons. The molecule has 9 nitrogen and oxygen atoms in total. The van der Waals surface area contributed by atoms with E-state index < -0.39 is 11.9 Å². The molecule has 0 aliphatic heterocycles. The summed E-state index contributed by atoms with van der Waals surface area (Å²) < 4.78 is 7.37. The molecule has 5 rings (SSSR count). The Kier molecular flexibility index (Phi) is 4.91. The molecule has 5 aromatic rings. The lowest BCUT2D eigenvalue weighted by molar-refractivity contribution is 0.0600. The van der Waals surface area contributed by atoms with E-state index in [0.717, 1.165) is 0 Å². The molecule has 0 spiro atoms. The minimum absolute atomic E-state index is 0.141. The van der Waals surface area contributed by atoms with E-state index in [9.17, 15) is 14.4 Å². The van der Waals surface area contributed by atoms with Crippen LogP contribution in [0.25, 0.3) is 22.4 Å². The molecule has 0 bridgehead atoms. The lowest BCUT2D eigenvalue weighted by Crippen LogP contribution is -2.20. The van der Waals surface area contributed by atoms with Crippen molar-refractivity contribution in [1.82, 2.24) is 19.2 Å². The van der Waals surface area contributed by atoms with Crippen LogP contribution in [0.3, 0.4) is 0 Å². The number of carbonyl (C=O) groups is 2. The number of benzene rings is 3. The smallest absolute Gasteiger partial charge is 0.355 e. The highest BCUT2D eigenvalue weighted by molar-refractivity contribution is 6.06. The fourth-order valence-electron chi connectivity index (χ4n) is 3.53. The van der Waals surface area contributed by atoms with E-state index in [1.165, 1.54) is 40.5 Å². The molecule has 3 aromatic carbocycles. The molecule has 1 N–H and O–H groups in total. The number of aromatic nitrogens is 4. The van der Waals surface area contributed by atoms with E-state index in [1.807, 2.05) is 18.2 Å². The van der Waals surface area contributed by atoms with Crippen molar-refractivity contribution >= 4 is 34.4 Å². The number of hydrogen-bond donors (Lipinski definition) is 1. The first-order chi connectivity index (χ1) is 16.1. The summed E-state index contributed by atoms with van der Waals surface area (Å²) in [7, 11) is 1.29. The lowest BCUT2D eigenvalue weighted by Gasteiger charge is -2.08. The first kappa shape index (κ1) is 20.1. The van der Waals surface area contributed by atoms with Crippen molar-refractivity contribution in [3.8, 4) is 5.69 Å². The fraction of sp³-hybridized carbons (Fsp3) is 0.0417. The maximum Gasteiger partial charge on any atom is 0.355 e. The van der Waals surface area contributed by atoms with E-state index in [0.29, 0.717) is 27.8 Å². The van der Waals surface area contributed by atoms with Crippen LogP contribution in [0.1, 0.15) is 20.7 Å². The first-order valence-electron chi connectivity index (χ1n) is 10.0. The van der Waals surface area contributed by atoms with Gasteiger partial charge in [-0.2, -0.15) is 4.68 Å². The molecule has 0 saturated carbocycles. The number of rotatable bonds is 4.